The lowest BCUT2D eigenvalue weighted by Crippen LogP contribution is -2.26. The molecule has 3 N–H and O–H groups in total. The lowest BCUT2D eigenvalue weighted by molar-refractivity contribution is -0.137. The lowest BCUT2D eigenvalue weighted by Gasteiger charge is -2.05. The van der Waals surface area contributed by atoms with E-state index in [1.807, 2.05) is 0 Å². The predicted molar refractivity (Wildman–Crippen MR) is 61.7 cm³/mol. The van der Waals surface area contributed by atoms with Crippen LogP contribution in [0.4, 0.5) is 0 Å². The van der Waals surface area contributed by atoms with E-state index in [0.717, 1.165) is 0 Å². The number of aliphatic carboxylic acids is 1. The largest absolute Gasteiger partial charge is 0.508 e. The van der Waals surface area contributed by atoms with E-state index in [-0.39, 0.29) is 24.5 Å². The van der Waals surface area contributed by atoms with Crippen LogP contribution in [0.25, 0.3) is 0 Å². The first-order valence-electron chi connectivity index (χ1n) is 5.35. The van der Waals surface area contributed by atoms with Gasteiger partial charge in [0.05, 0.1) is 6.42 Å². The Hall–Kier alpha value is -2.04. The van der Waals surface area contributed by atoms with Crippen LogP contribution in [0, 0.1) is 0 Å². The fourth-order valence-electron chi connectivity index (χ4n) is 1.36. The van der Waals surface area contributed by atoms with Gasteiger partial charge in [-0.3, -0.25) is 9.59 Å². The van der Waals surface area contributed by atoms with Gasteiger partial charge < -0.3 is 15.5 Å². The number of amides is 1. The molecule has 0 spiro atoms. The zero-order chi connectivity index (χ0) is 12.7. The summed E-state index contributed by atoms with van der Waals surface area (Å²) < 4.78 is 0. The number of rotatable bonds is 6. The third-order valence-electron chi connectivity index (χ3n) is 2.23. The maximum absolute atomic E-state index is 11.4. The summed E-state index contributed by atoms with van der Waals surface area (Å²) in [6.07, 6.45) is 0.540. The Balaban J connectivity index is 2.30. The fourth-order valence-corrected chi connectivity index (χ4v) is 1.36. The van der Waals surface area contributed by atoms with Crippen LogP contribution in [0.2, 0.25) is 0 Å². The third-order valence-corrected chi connectivity index (χ3v) is 2.23. The molecule has 0 unspecified atom stereocenters. The highest BCUT2D eigenvalue weighted by Gasteiger charge is 2.06. The molecule has 0 heterocycles. The number of carboxylic acid groups (broad SMARTS) is 1. The number of benzene rings is 1. The van der Waals surface area contributed by atoms with Crippen LogP contribution in [0.1, 0.15) is 18.4 Å². The third kappa shape index (κ3) is 5.01. The summed E-state index contributed by atoms with van der Waals surface area (Å²) in [4.78, 5) is 21.7. The molecule has 1 amide bonds. The Morgan fingerprint density at radius 1 is 1.24 bits per heavy atom. The minimum atomic E-state index is -0.875. The number of phenolic OH excluding ortho intramolecular Hbond substituents is 1. The first kappa shape index (κ1) is 13.0. The van der Waals surface area contributed by atoms with Crippen LogP contribution >= 0.6 is 0 Å². The topological polar surface area (TPSA) is 86.6 Å². The molecular formula is C12H15NO4. The minimum Gasteiger partial charge on any atom is -0.508 e. The van der Waals surface area contributed by atoms with Gasteiger partial charge in [0.2, 0.25) is 5.91 Å². The molecule has 0 saturated heterocycles. The Morgan fingerprint density at radius 2 is 1.94 bits per heavy atom. The van der Waals surface area contributed by atoms with E-state index in [9.17, 15) is 14.7 Å². The van der Waals surface area contributed by atoms with E-state index in [1.165, 1.54) is 6.07 Å². The summed E-state index contributed by atoms with van der Waals surface area (Å²) in [6.45, 7) is 0.332. The second kappa shape index (κ2) is 6.52. The summed E-state index contributed by atoms with van der Waals surface area (Å²) in [5, 5.41) is 20.5. The van der Waals surface area contributed by atoms with E-state index in [2.05, 4.69) is 5.32 Å². The van der Waals surface area contributed by atoms with Gasteiger partial charge in [-0.05, 0) is 12.5 Å². The highest BCUT2D eigenvalue weighted by Crippen LogP contribution is 2.15. The minimum absolute atomic E-state index is 0.0386. The van der Waals surface area contributed by atoms with Crippen LogP contribution in [-0.2, 0) is 16.0 Å². The molecular weight excluding hydrogens is 222 g/mol. The SMILES string of the molecule is O=C(O)CCCNC(=O)Cc1ccccc1O. The van der Waals surface area contributed by atoms with Crippen molar-refractivity contribution in [1.82, 2.24) is 5.32 Å². The number of carbonyl (C=O) groups is 2. The smallest absolute Gasteiger partial charge is 0.303 e. The zero-order valence-electron chi connectivity index (χ0n) is 9.35. The summed E-state index contributed by atoms with van der Waals surface area (Å²) in [5.74, 6) is -1.01. The number of carbonyl (C=O) groups excluding carboxylic acids is 1. The average molecular weight is 237 g/mol. The second-order valence-electron chi connectivity index (χ2n) is 3.65. The molecule has 5 heteroatoms. The van der Waals surface area contributed by atoms with Gasteiger partial charge >= 0.3 is 5.97 Å². The van der Waals surface area contributed by atoms with E-state index < -0.39 is 5.97 Å². The summed E-state index contributed by atoms with van der Waals surface area (Å²) in [5.41, 5.74) is 0.559. The standard InChI is InChI=1S/C12H15NO4/c14-10-5-2-1-4-9(10)8-11(15)13-7-3-6-12(16)17/h1-2,4-5,14H,3,6-8H2,(H,13,15)(H,16,17). The van der Waals surface area contributed by atoms with Gasteiger partial charge in [0.25, 0.3) is 0 Å². The van der Waals surface area contributed by atoms with Crippen LogP contribution in [0.3, 0.4) is 0 Å². The number of nitrogens with one attached hydrogen (secondary N) is 1. The lowest BCUT2D eigenvalue weighted by atomic mass is 10.1. The molecule has 5 nitrogen and oxygen atoms in total. The molecule has 0 aliphatic carbocycles. The molecule has 17 heavy (non-hydrogen) atoms. The molecule has 1 aromatic carbocycles. The van der Waals surface area contributed by atoms with Crippen molar-refractivity contribution in [2.24, 2.45) is 0 Å². The highest BCUT2D eigenvalue weighted by atomic mass is 16.4. The van der Waals surface area contributed by atoms with Crippen molar-refractivity contribution in [3.63, 3.8) is 0 Å². The Kier molecular flexibility index (Phi) is 5.00. The van der Waals surface area contributed by atoms with Gasteiger partial charge in [0.1, 0.15) is 5.75 Å². The normalized spacial score (nSPS) is 9.88. The van der Waals surface area contributed by atoms with E-state index in [4.69, 9.17) is 5.11 Å². The van der Waals surface area contributed by atoms with Gasteiger partial charge in [0, 0.05) is 18.5 Å². The van der Waals surface area contributed by atoms with Crippen LogP contribution in [-0.4, -0.2) is 28.6 Å². The highest BCUT2D eigenvalue weighted by molar-refractivity contribution is 5.79. The molecule has 0 saturated carbocycles. The molecule has 0 radical (unpaired) electrons. The van der Waals surface area contributed by atoms with Crippen molar-refractivity contribution in [3.05, 3.63) is 29.8 Å². The molecule has 92 valence electrons. The molecule has 0 fully saturated rings. The van der Waals surface area contributed by atoms with Crippen molar-refractivity contribution < 1.29 is 19.8 Å². The quantitative estimate of drug-likeness (QED) is 0.642. The van der Waals surface area contributed by atoms with Gasteiger partial charge in [-0.25, -0.2) is 0 Å². The number of hydrogen-bond acceptors (Lipinski definition) is 3. The number of carboxylic acids is 1. The Bertz CT molecular complexity index is 403. The number of hydrogen-bond donors (Lipinski definition) is 3. The van der Waals surface area contributed by atoms with Crippen LogP contribution < -0.4 is 5.32 Å². The van der Waals surface area contributed by atoms with Crippen molar-refractivity contribution in [2.45, 2.75) is 19.3 Å². The summed E-state index contributed by atoms with van der Waals surface area (Å²) >= 11 is 0. The van der Waals surface area contributed by atoms with Crippen molar-refractivity contribution >= 4 is 11.9 Å². The predicted octanol–water partition coefficient (Wildman–Crippen LogP) is 0.916. The van der Waals surface area contributed by atoms with E-state index in [0.29, 0.717) is 18.5 Å². The monoisotopic (exact) mass is 237 g/mol. The van der Waals surface area contributed by atoms with E-state index >= 15 is 0 Å². The van der Waals surface area contributed by atoms with Gasteiger partial charge in [0.15, 0.2) is 0 Å². The van der Waals surface area contributed by atoms with Crippen molar-refractivity contribution in [1.29, 1.82) is 0 Å². The maximum Gasteiger partial charge on any atom is 0.303 e. The molecule has 1 aromatic rings. The number of para-hydroxylation sites is 1. The maximum atomic E-state index is 11.4. The Morgan fingerprint density at radius 3 is 2.59 bits per heavy atom. The summed E-state index contributed by atoms with van der Waals surface area (Å²) in [6, 6.07) is 6.62. The fraction of sp³-hybridized carbons (Fsp3) is 0.333. The second-order valence-corrected chi connectivity index (χ2v) is 3.65. The molecule has 0 aliphatic heterocycles. The van der Waals surface area contributed by atoms with Gasteiger partial charge in [-0.2, -0.15) is 0 Å². The summed E-state index contributed by atoms with van der Waals surface area (Å²) in [7, 11) is 0. The molecule has 0 atom stereocenters. The Labute approximate surface area is 99.1 Å². The molecule has 1 rings (SSSR count). The van der Waals surface area contributed by atoms with Gasteiger partial charge in [-0.15, -0.1) is 0 Å². The average Bonchev–Trinajstić information content (AvgIpc) is 2.27. The molecule has 0 bridgehead atoms. The molecule has 0 aliphatic rings. The molecule has 0 aromatic heterocycles. The number of phenols is 1. The number of aromatic hydroxyl groups is 1. The zero-order valence-corrected chi connectivity index (χ0v) is 9.35. The van der Waals surface area contributed by atoms with Crippen LogP contribution in [0.15, 0.2) is 24.3 Å². The van der Waals surface area contributed by atoms with E-state index in [1.54, 1.807) is 18.2 Å². The van der Waals surface area contributed by atoms with Crippen LogP contribution in [0.5, 0.6) is 5.75 Å². The van der Waals surface area contributed by atoms with Crippen molar-refractivity contribution in [2.75, 3.05) is 6.54 Å². The first-order chi connectivity index (χ1) is 8.09. The first-order valence-corrected chi connectivity index (χ1v) is 5.35. The van der Waals surface area contributed by atoms with Gasteiger partial charge in [-0.1, -0.05) is 18.2 Å². The van der Waals surface area contributed by atoms with Crippen molar-refractivity contribution in [3.8, 4) is 5.75 Å².